The average Bonchev–Trinajstić information content (AvgIpc) is 3.02. The van der Waals surface area contributed by atoms with Gasteiger partial charge in [0, 0.05) is 36.6 Å². The van der Waals surface area contributed by atoms with Crippen LogP contribution in [-0.4, -0.2) is 35.9 Å². The van der Waals surface area contributed by atoms with Crippen molar-refractivity contribution in [3.8, 4) is 0 Å². The molecule has 0 amide bonds. The predicted octanol–water partition coefficient (Wildman–Crippen LogP) is 5.20. The van der Waals surface area contributed by atoms with E-state index in [2.05, 4.69) is 44.8 Å². The third-order valence-corrected chi connectivity index (χ3v) is 5.50. The van der Waals surface area contributed by atoms with E-state index in [1.54, 1.807) is 13.0 Å². The van der Waals surface area contributed by atoms with Crippen molar-refractivity contribution in [3.05, 3.63) is 40.6 Å². The van der Waals surface area contributed by atoms with Crippen molar-refractivity contribution < 1.29 is 19.4 Å². The number of aromatic amines is 1. The molecule has 0 bridgehead atoms. The topological polar surface area (TPSA) is 71.6 Å². The van der Waals surface area contributed by atoms with Crippen LogP contribution in [0.5, 0.6) is 0 Å². The lowest BCUT2D eigenvalue weighted by Crippen LogP contribution is -2.31. The van der Waals surface area contributed by atoms with Crippen LogP contribution < -0.4 is 0 Å². The lowest BCUT2D eigenvalue weighted by molar-refractivity contribution is -0.137. The molecule has 0 aliphatic rings. The Balaban J connectivity index is 2.67. The van der Waals surface area contributed by atoms with Gasteiger partial charge < -0.3 is 19.6 Å². The highest BCUT2D eigenvalue weighted by molar-refractivity contribution is 5.92. The zero-order valence-electron chi connectivity index (χ0n) is 18.6. The summed E-state index contributed by atoms with van der Waals surface area (Å²) in [5.41, 5.74) is 4.85. The number of benzene rings is 1. The van der Waals surface area contributed by atoms with Gasteiger partial charge in [-0.15, -0.1) is 0 Å². The highest BCUT2D eigenvalue weighted by atomic mass is 16.5. The summed E-state index contributed by atoms with van der Waals surface area (Å²) in [6.45, 7) is 13.3. The molecule has 5 heteroatoms. The van der Waals surface area contributed by atoms with E-state index in [1.807, 2.05) is 6.92 Å². The Morgan fingerprint density at radius 2 is 1.97 bits per heavy atom. The second-order valence-electron chi connectivity index (χ2n) is 7.65. The van der Waals surface area contributed by atoms with Crippen LogP contribution in [0.25, 0.3) is 17.0 Å². The van der Waals surface area contributed by atoms with Gasteiger partial charge in [0.05, 0.1) is 12.3 Å². The molecule has 160 valence electrons. The zero-order chi connectivity index (χ0) is 21.6. The molecular formula is C24H35NO4. The first-order chi connectivity index (χ1) is 13.8. The predicted molar refractivity (Wildman–Crippen MR) is 118 cm³/mol. The van der Waals surface area contributed by atoms with E-state index in [-0.39, 0.29) is 12.6 Å². The summed E-state index contributed by atoms with van der Waals surface area (Å²) in [5, 5.41) is 10.8. The van der Waals surface area contributed by atoms with Crippen LogP contribution in [0.2, 0.25) is 0 Å². The van der Waals surface area contributed by atoms with Gasteiger partial charge in [0.2, 0.25) is 0 Å². The molecule has 0 radical (unpaired) electrons. The number of aliphatic hydroxyl groups is 1. The first kappa shape index (κ1) is 23.2. The molecule has 1 aromatic heterocycles. The van der Waals surface area contributed by atoms with Crippen molar-refractivity contribution in [2.45, 2.75) is 65.9 Å². The standard InChI is InChI=1S/C24H35NO4/c1-7-24(12-13-26,29-9-3)23-17(6)20-15-18(10-11-21(27)28-8-2)14-19(16(4)5)22(20)25-23/h10-11,14-16,25-26H,7-9,12-13H2,1-6H3/b11-10+. The maximum atomic E-state index is 11.7. The van der Waals surface area contributed by atoms with Crippen LogP contribution in [0.4, 0.5) is 0 Å². The minimum absolute atomic E-state index is 0.0627. The number of hydrogen-bond donors (Lipinski definition) is 2. The Bertz CT molecular complexity index is 857. The first-order valence-corrected chi connectivity index (χ1v) is 10.6. The van der Waals surface area contributed by atoms with E-state index in [4.69, 9.17) is 9.47 Å². The number of carbonyl (C=O) groups excluding carboxylic acids is 1. The molecule has 0 saturated carbocycles. The smallest absolute Gasteiger partial charge is 0.330 e. The highest BCUT2D eigenvalue weighted by Crippen LogP contribution is 2.40. The van der Waals surface area contributed by atoms with E-state index < -0.39 is 5.60 Å². The molecule has 0 fully saturated rings. The van der Waals surface area contributed by atoms with E-state index in [0.29, 0.717) is 25.6 Å². The van der Waals surface area contributed by atoms with Gasteiger partial charge >= 0.3 is 5.97 Å². The molecule has 2 rings (SSSR count). The average molecular weight is 402 g/mol. The molecule has 0 saturated heterocycles. The second kappa shape index (κ2) is 10.1. The Hall–Kier alpha value is -2.11. The summed E-state index contributed by atoms with van der Waals surface area (Å²) in [4.78, 5) is 15.4. The lowest BCUT2D eigenvalue weighted by atomic mass is 9.89. The molecule has 2 N–H and O–H groups in total. The lowest BCUT2D eigenvalue weighted by Gasteiger charge is -2.32. The van der Waals surface area contributed by atoms with E-state index in [9.17, 15) is 9.90 Å². The molecule has 1 heterocycles. The molecule has 0 aliphatic carbocycles. The zero-order valence-corrected chi connectivity index (χ0v) is 18.6. The van der Waals surface area contributed by atoms with Crippen LogP contribution in [0, 0.1) is 6.92 Å². The minimum atomic E-state index is -0.540. The molecule has 0 aliphatic heterocycles. The van der Waals surface area contributed by atoms with Crippen molar-refractivity contribution in [1.29, 1.82) is 0 Å². The summed E-state index contributed by atoms with van der Waals surface area (Å²) < 4.78 is 11.2. The Kier molecular flexibility index (Phi) is 8.05. The number of aliphatic hydroxyl groups excluding tert-OH is 1. The first-order valence-electron chi connectivity index (χ1n) is 10.6. The monoisotopic (exact) mass is 401 g/mol. The van der Waals surface area contributed by atoms with Gasteiger partial charge in [-0.2, -0.15) is 0 Å². The molecule has 2 aromatic rings. The Morgan fingerprint density at radius 3 is 2.52 bits per heavy atom. The van der Waals surface area contributed by atoms with Gasteiger partial charge in [-0.25, -0.2) is 4.79 Å². The Morgan fingerprint density at radius 1 is 1.24 bits per heavy atom. The van der Waals surface area contributed by atoms with Crippen molar-refractivity contribution in [2.24, 2.45) is 0 Å². The summed E-state index contributed by atoms with van der Waals surface area (Å²) >= 11 is 0. The number of carbonyl (C=O) groups is 1. The number of hydrogen-bond acceptors (Lipinski definition) is 4. The fraction of sp³-hybridized carbons (Fsp3) is 0.542. The molecule has 29 heavy (non-hydrogen) atoms. The molecule has 1 atom stereocenters. The van der Waals surface area contributed by atoms with Crippen molar-refractivity contribution in [2.75, 3.05) is 19.8 Å². The van der Waals surface area contributed by atoms with E-state index in [0.717, 1.165) is 34.1 Å². The number of H-pyrrole nitrogens is 1. The summed E-state index contributed by atoms with van der Waals surface area (Å²) in [7, 11) is 0. The maximum Gasteiger partial charge on any atom is 0.330 e. The van der Waals surface area contributed by atoms with Gasteiger partial charge in [-0.3, -0.25) is 0 Å². The van der Waals surface area contributed by atoms with Crippen LogP contribution in [-0.2, 0) is 19.9 Å². The quantitative estimate of drug-likeness (QED) is 0.424. The van der Waals surface area contributed by atoms with Crippen LogP contribution in [0.3, 0.4) is 0 Å². The molecule has 1 aromatic carbocycles. The van der Waals surface area contributed by atoms with Crippen LogP contribution >= 0.6 is 0 Å². The SMILES string of the molecule is CCOC(=O)/C=C/c1cc(C(C)C)c2[nH]c(C(CC)(CCO)OCC)c(C)c2c1. The van der Waals surface area contributed by atoms with Gasteiger partial charge in [0.15, 0.2) is 0 Å². The molecule has 0 spiro atoms. The number of ether oxygens (including phenoxy) is 2. The van der Waals surface area contributed by atoms with Gasteiger partial charge in [-0.1, -0.05) is 20.8 Å². The largest absolute Gasteiger partial charge is 0.463 e. The number of esters is 1. The summed E-state index contributed by atoms with van der Waals surface area (Å²) in [6.07, 6.45) is 4.58. The molecular weight excluding hydrogens is 366 g/mol. The minimum Gasteiger partial charge on any atom is -0.463 e. The number of fused-ring (bicyclic) bond motifs is 1. The number of rotatable bonds is 10. The van der Waals surface area contributed by atoms with Crippen LogP contribution in [0.15, 0.2) is 18.2 Å². The van der Waals surface area contributed by atoms with Crippen molar-refractivity contribution in [3.63, 3.8) is 0 Å². The second-order valence-corrected chi connectivity index (χ2v) is 7.65. The third kappa shape index (κ3) is 4.90. The Labute approximate surface area is 174 Å². The van der Waals surface area contributed by atoms with E-state index >= 15 is 0 Å². The number of aromatic nitrogens is 1. The van der Waals surface area contributed by atoms with Gasteiger partial charge in [-0.05, 0) is 68.0 Å². The summed E-state index contributed by atoms with van der Waals surface area (Å²) in [5.74, 6) is -0.0326. The normalized spacial score (nSPS) is 14.1. The number of aryl methyl sites for hydroxylation is 1. The van der Waals surface area contributed by atoms with Gasteiger partial charge in [0.1, 0.15) is 5.60 Å². The fourth-order valence-electron chi connectivity index (χ4n) is 4.02. The third-order valence-electron chi connectivity index (χ3n) is 5.50. The van der Waals surface area contributed by atoms with Gasteiger partial charge in [0.25, 0.3) is 0 Å². The van der Waals surface area contributed by atoms with E-state index in [1.165, 1.54) is 11.6 Å². The number of nitrogens with one attached hydrogen (secondary N) is 1. The maximum absolute atomic E-state index is 11.7. The molecule has 1 unspecified atom stereocenters. The highest BCUT2D eigenvalue weighted by Gasteiger charge is 2.34. The van der Waals surface area contributed by atoms with Crippen molar-refractivity contribution in [1.82, 2.24) is 4.98 Å². The summed E-state index contributed by atoms with van der Waals surface area (Å²) in [6, 6.07) is 4.21. The van der Waals surface area contributed by atoms with Crippen LogP contribution in [0.1, 0.15) is 75.8 Å². The molecule has 5 nitrogen and oxygen atoms in total. The van der Waals surface area contributed by atoms with Crippen molar-refractivity contribution >= 4 is 22.9 Å². The fourth-order valence-corrected chi connectivity index (χ4v) is 4.02.